The molecule has 0 radical (unpaired) electrons. The summed E-state index contributed by atoms with van der Waals surface area (Å²) in [6, 6.07) is 26.2. The van der Waals surface area contributed by atoms with E-state index in [1.807, 2.05) is 26.0 Å². The summed E-state index contributed by atoms with van der Waals surface area (Å²) in [5, 5.41) is 46.3. The molecule has 4 aromatic carbocycles. The predicted octanol–water partition coefficient (Wildman–Crippen LogP) is 6.16. The third-order valence-electron chi connectivity index (χ3n) is 12.7. The number of benzene rings is 4. The van der Waals surface area contributed by atoms with Crippen LogP contribution in [0.3, 0.4) is 0 Å². The number of aromatic carboxylic acids is 2. The molecule has 0 atom stereocenters. The Balaban J connectivity index is 0.000000413. The SMILES string of the molecule is C#CC(C)C.CCN(CC)CC.COCCOCCN.COCCOCCNC(=O)c1ccc(Cn2cc(C=O)nn2)cc1.O=Cc1cn(Cc2ccc(C(=O)O)cc2)nn1.O=Cc1cn(Cc2ccc(C(=O)ON3C(=O)CCC3=O)cc2)nn1.[N-]=[N+]=NCc1ccc(C(=O)O)cc1. The van der Waals surface area contributed by atoms with E-state index in [9.17, 15) is 43.2 Å². The first-order valence-corrected chi connectivity index (χ1v) is 30.5. The smallest absolute Gasteiger partial charge is 0.363 e. The van der Waals surface area contributed by atoms with Crippen molar-refractivity contribution < 1.29 is 77.1 Å². The summed E-state index contributed by atoms with van der Waals surface area (Å²) >= 11 is 0. The molecule has 32 heteroatoms. The van der Waals surface area contributed by atoms with Crippen LogP contribution in [0.15, 0.2) is 121 Å². The van der Waals surface area contributed by atoms with E-state index in [4.69, 9.17) is 51.7 Å². The van der Waals surface area contributed by atoms with Crippen LogP contribution in [0.4, 0.5) is 0 Å². The number of imide groups is 1. The van der Waals surface area contributed by atoms with Gasteiger partial charge in [0.05, 0.1) is 101 Å². The topological polar surface area (TPSA) is 426 Å². The number of carboxylic acids is 2. The van der Waals surface area contributed by atoms with Gasteiger partial charge in [0.25, 0.3) is 17.7 Å². The molecule has 8 rings (SSSR count). The fraction of sp³-hybridized carbons (Fsp3) is 0.379. The number of nitrogens with two attached hydrogens (primary N) is 1. The monoisotopic (exact) mass is 1360 g/mol. The van der Waals surface area contributed by atoms with Crippen LogP contribution in [0.25, 0.3) is 10.4 Å². The number of hydrogen-bond donors (Lipinski definition) is 4. The highest BCUT2D eigenvalue weighted by Crippen LogP contribution is 2.16. The summed E-state index contributed by atoms with van der Waals surface area (Å²) in [6.45, 7) is 20.1. The molecule has 0 spiro atoms. The van der Waals surface area contributed by atoms with Crippen molar-refractivity contribution in [3.8, 4) is 12.3 Å². The van der Waals surface area contributed by atoms with Gasteiger partial charge in [-0.2, -0.15) is 0 Å². The zero-order chi connectivity index (χ0) is 72.5. The summed E-state index contributed by atoms with van der Waals surface area (Å²) in [6.07, 6.45) is 11.5. The maximum absolute atomic E-state index is 12.0. The Kier molecular flexibility index (Phi) is 41.9. The normalized spacial score (nSPS) is 10.9. The number of aldehydes is 3. The van der Waals surface area contributed by atoms with E-state index in [2.05, 4.69) is 77.9 Å². The Morgan fingerprint density at radius 3 is 1.31 bits per heavy atom. The summed E-state index contributed by atoms with van der Waals surface area (Å²) in [5.41, 5.74) is 18.7. The second-order valence-electron chi connectivity index (χ2n) is 20.3. The molecule has 0 unspecified atom stereocenters. The van der Waals surface area contributed by atoms with Crippen molar-refractivity contribution in [1.29, 1.82) is 0 Å². The molecule has 524 valence electrons. The number of nitrogens with zero attached hydrogens (tertiary/aromatic N) is 14. The number of ether oxygens (including phenoxy) is 4. The minimum absolute atomic E-state index is 0.0474. The molecule has 0 aliphatic carbocycles. The molecule has 0 bridgehead atoms. The van der Waals surface area contributed by atoms with Crippen LogP contribution in [-0.2, 0) is 59.6 Å². The maximum Gasteiger partial charge on any atom is 0.363 e. The number of nitrogens with one attached hydrogen (secondary N) is 1. The first kappa shape index (κ1) is 83.1. The summed E-state index contributed by atoms with van der Waals surface area (Å²) < 4.78 is 24.4. The zero-order valence-corrected chi connectivity index (χ0v) is 55.8. The summed E-state index contributed by atoms with van der Waals surface area (Å²) in [4.78, 5) is 109. The van der Waals surface area contributed by atoms with Gasteiger partial charge in [-0.15, -0.1) is 32.7 Å². The van der Waals surface area contributed by atoms with Crippen LogP contribution in [0.2, 0.25) is 0 Å². The highest BCUT2D eigenvalue weighted by Gasteiger charge is 2.33. The second-order valence-corrected chi connectivity index (χ2v) is 20.3. The molecule has 98 heavy (non-hydrogen) atoms. The molecule has 1 saturated heterocycles. The van der Waals surface area contributed by atoms with E-state index in [0.717, 1.165) is 22.3 Å². The van der Waals surface area contributed by atoms with Gasteiger partial charge in [-0.25, -0.2) is 28.4 Å². The first-order valence-electron chi connectivity index (χ1n) is 30.5. The lowest BCUT2D eigenvalue weighted by molar-refractivity contribution is -0.172. The summed E-state index contributed by atoms with van der Waals surface area (Å²) in [7, 11) is 3.25. The number of hydroxylamine groups is 2. The number of rotatable bonds is 30. The van der Waals surface area contributed by atoms with Gasteiger partial charge in [0.15, 0.2) is 18.9 Å². The highest BCUT2D eigenvalue weighted by molar-refractivity contribution is 6.02. The van der Waals surface area contributed by atoms with Gasteiger partial charge >= 0.3 is 17.9 Å². The van der Waals surface area contributed by atoms with Gasteiger partial charge in [0.2, 0.25) is 0 Å². The lowest BCUT2D eigenvalue weighted by atomic mass is 10.1. The van der Waals surface area contributed by atoms with E-state index < -0.39 is 29.7 Å². The van der Waals surface area contributed by atoms with Crippen molar-refractivity contribution in [3.05, 3.63) is 188 Å². The average Bonchev–Trinajstić information content (AvgIpc) is 1.58. The van der Waals surface area contributed by atoms with E-state index in [1.54, 1.807) is 73.6 Å². The van der Waals surface area contributed by atoms with Crippen molar-refractivity contribution in [2.24, 2.45) is 16.8 Å². The largest absolute Gasteiger partial charge is 0.478 e. The Labute approximate surface area is 566 Å². The maximum atomic E-state index is 12.0. The van der Waals surface area contributed by atoms with Crippen molar-refractivity contribution in [3.63, 3.8) is 0 Å². The molecule has 3 aromatic heterocycles. The van der Waals surface area contributed by atoms with Crippen LogP contribution < -0.4 is 11.1 Å². The number of amides is 3. The zero-order valence-electron chi connectivity index (χ0n) is 55.8. The molecule has 1 aliphatic heterocycles. The average molecular weight is 1360 g/mol. The predicted molar refractivity (Wildman–Crippen MR) is 356 cm³/mol. The third kappa shape index (κ3) is 34.4. The molecule has 3 amide bonds. The number of hydrogen-bond acceptors (Lipinski definition) is 23. The van der Waals surface area contributed by atoms with Gasteiger partial charge < -0.3 is 49.9 Å². The van der Waals surface area contributed by atoms with E-state index in [-0.39, 0.29) is 53.4 Å². The Morgan fingerprint density at radius 2 is 0.990 bits per heavy atom. The number of carbonyl (C=O) groups excluding carboxylic acids is 7. The number of carboxylic acid groups (broad SMARTS) is 2. The molecule has 32 nitrogen and oxygen atoms in total. The van der Waals surface area contributed by atoms with E-state index in [0.29, 0.717) is 113 Å². The number of carbonyl (C=O) groups is 9. The molecular formula is C66H84N16O16. The Morgan fingerprint density at radius 1 is 0.622 bits per heavy atom. The molecule has 0 saturated carbocycles. The minimum Gasteiger partial charge on any atom is -0.478 e. The van der Waals surface area contributed by atoms with Gasteiger partial charge in [-0.1, -0.05) is 104 Å². The fourth-order valence-corrected chi connectivity index (χ4v) is 7.40. The molecule has 4 heterocycles. The minimum atomic E-state index is -0.963. The standard InChI is InChI=1S/C16H20N4O4.C15H12N4O5.C11H9N3O3.C8H7N3O2.C6H15N.C5H13NO2.C5H8/c1-23-8-9-24-7-6-17-16(22)14-4-2-13(3-5-14)10-20-11-15(12-21)18-19-20;20-9-12-8-18(17-16-12)7-10-1-3-11(4-2-10)15(23)24-19-13(21)5-6-14(19)22;15-7-10-6-14(13-12-10)5-8-1-3-9(4-2-8)11(16)17;9-11-10-5-6-1-3-7(4-2-6)8(12)13;1-4-7(5-2)6-3;1-7-4-5-8-3-2-6;1-4-5(2)3/h2-5,11-12H,6-10H2,1H3,(H,17,22);1-4,8-9H,5-7H2;1-4,6-7H,5H2,(H,16,17);1-4H,5H2,(H,12,13);4-6H2,1-3H3;2-6H2,1H3;1,5H,2-3H3. The Bertz CT molecular complexity index is 3570. The van der Waals surface area contributed by atoms with Gasteiger partial charge in [0, 0.05) is 56.5 Å². The van der Waals surface area contributed by atoms with Gasteiger partial charge in [-0.3, -0.25) is 28.8 Å². The lowest BCUT2D eigenvalue weighted by Crippen LogP contribution is -2.32. The molecule has 7 aromatic rings. The van der Waals surface area contributed by atoms with Crippen LogP contribution in [0, 0.1) is 18.3 Å². The van der Waals surface area contributed by atoms with Crippen LogP contribution in [-0.4, -0.2) is 206 Å². The molecular weight excluding hydrogens is 1270 g/mol. The number of methoxy groups -OCH3 is 2. The molecule has 1 fully saturated rings. The van der Waals surface area contributed by atoms with Gasteiger partial charge in [0.1, 0.15) is 17.1 Å². The van der Waals surface area contributed by atoms with E-state index in [1.165, 1.54) is 77.8 Å². The lowest BCUT2D eigenvalue weighted by Gasteiger charge is -2.13. The number of terminal acetylenes is 1. The van der Waals surface area contributed by atoms with Crippen molar-refractivity contribution >= 4 is 54.5 Å². The van der Waals surface area contributed by atoms with Crippen molar-refractivity contribution in [2.45, 2.75) is 73.6 Å². The van der Waals surface area contributed by atoms with Crippen LogP contribution in [0.1, 0.15) is 143 Å². The second kappa shape index (κ2) is 49.5. The van der Waals surface area contributed by atoms with E-state index >= 15 is 0 Å². The first-order chi connectivity index (χ1) is 47.2. The highest BCUT2D eigenvalue weighted by atomic mass is 16.7. The molecule has 5 N–H and O–H groups in total. The van der Waals surface area contributed by atoms with Gasteiger partial charge in [-0.05, 0) is 96.0 Å². The van der Waals surface area contributed by atoms with Crippen LogP contribution >= 0.6 is 0 Å². The Hall–Kier alpha value is -11.0. The van der Waals surface area contributed by atoms with Crippen molar-refractivity contribution in [1.82, 2.24) is 60.3 Å². The molecule has 1 aliphatic rings. The third-order valence-corrected chi connectivity index (χ3v) is 12.7. The van der Waals surface area contributed by atoms with Crippen molar-refractivity contribution in [2.75, 3.05) is 86.6 Å². The fourth-order valence-electron chi connectivity index (χ4n) is 7.40. The quantitative estimate of drug-likeness (QED) is 0.00745. The summed E-state index contributed by atoms with van der Waals surface area (Å²) in [5.74, 6) is -0.967. The van der Waals surface area contributed by atoms with Crippen LogP contribution in [0.5, 0.6) is 0 Å². The number of aromatic nitrogens is 9. The number of azide groups is 1.